The average Bonchev–Trinajstić information content (AvgIpc) is 3.62. The zero-order valence-electron chi connectivity index (χ0n) is 22.2. The van der Waals surface area contributed by atoms with Gasteiger partial charge < -0.3 is 9.84 Å². The number of aryl methyl sites for hydroxylation is 2. The fourth-order valence-electron chi connectivity index (χ4n) is 4.34. The average molecular weight is 648 g/mol. The molecule has 4 aromatic rings. The van der Waals surface area contributed by atoms with E-state index in [0.717, 1.165) is 12.0 Å². The Morgan fingerprint density at radius 1 is 1.15 bits per heavy atom. The molecule has 13 heteroatoms. The van der Waals surface area contributed by atoms with Crippen molar-refractivity contribution < 1.29 is 19.4 Å². The number of carbonyl (C=O) groups is 2. The van der Waals surface area contributed by atoms with Crippen molar-refractivity contribution in [1.29, 1.82) is 0 Å². The van der Waals surface area contributed by atoms with E-state index in [4.69, 9.17) is 27.9 Å². The molecule has 41 heavy (non-hydrogen) atoms. The maximum Gasteiger partial charge on any atom is 0.296 e. The predicted molar refractivity (Wildman–Crippen MR) is 164 cm³/mol. The van der Waals surface area contributed by atoms with Gasteiger partial charge in [0.2, 0.25) is 10.9 Å². The second-order valence-electron chi connectivity index (χ2n) is 9.11. The number of nitrogens with zero attached hydrogens (tertiary/aromatic N) is 4. The topological polar surface area (TPSA) is 106 Å². The largest absolute Gasteiger partial charge is 0.503 e. The van der Waals surface area contributed by atoms with E-state index in [0.29, 0.717) is 53.6 Å². The van der Waals surface area contributed by atoms with E-state index in [1.165, 1.54) is 39.3 Å². The quantitative estimate of drug-likeness (QED) is 0.106. The minimum atomic E-state index is -0.946. The Bertz CT molecular complexity index is 1670. The van der Waals surface area contributed by atoms with Crippen LogP contribution >= 0.6 is 57.6 Å². The zero-order valence-corrected chi connectivity index (χ0v) is 26.1. The maximum absolute atomic E-state index is 13.9. The van der Waals surface area contributed by atoms with E-state index in [1.807, 2.05) is 19.1 Å². The van der Waals surface area contributed by atoms with Crippen LogP contribution in [0.25, 0.3) is 0 Å². The third-order valence-electron chi connectivity index (χ3n) is 6.18. The molecule has 0 bridgehead atoms. The molecule has 1 unspecified atom stereocenters. The van der Waals surface area contributed by atoms with Crippen LogP contribution in [0.1, 0.15) is 50.9 Å². The molecule has 5 rings (SSSR count). The number of aromatic nitrogens is 3. The van der Waals surface area contributed by atoms with Gasteiger partial charge in [0.15, 0.2) is 10.1 Å². The minimum Gasteiger partial charge on any atom is -0.503 e. The molecule has 0 spiro atoms. The molecule has 1 N–H and O–H groups in total. The first-order valence-corrected chi connectivity index (χ1v) is 15.9. The van der Waals surface area contributed by atoms with Gasteiger partial charge in [-0.15, -0.1) is 21.5 Å². The molecule has 2 aromatic carbocycles. The van der Waals surface area contributed by atoms with Gasteiger partial charge in [0.1, 0.15) is 5.75 Å². The summed E-state index contributed by atoms with van der Waals surface area (Å²) in [6.07, 6.45) is 0.819. The molecule has 212 valence electrons. The Morgan fingerprint density at radius 3 is 2.66 bits per heavy atom. The smallest absolute Gasteiger partial charge is 0.296 e. The molecule has 8 nitrogen and oxygen atoms in total. The van der Waals surface area contributed by atoms with Gasteiger partial charge in [-0.2, -0.15) is 0 Å². The summed E-state index contributed by atoms with van der Waals surface area (Å²) in [4.78, 5) is 33.5. The van der Waals surface area contributed by atoms with Crippen LogP contribution < -0.4 is 9.64 Å². The number of hydrogen-bond donors (Lipinski definition) is 1. The van der Waals surface area contributed by atoms with Crippen molar-refractivity contribution in [3.8, 4) is 5.75 Å². The number of thioether (sulfide) groups is 1. The minimum absolute atomic E-state index is 0.0354. The third-order valence-corrected chi connectivity index (χ3v) is 9.94. The lowest BCUT2D eigenvalue weighted by molar-refractivity contribution is -0.117. The van der Waals surface area contributed by atoms with Gasteiger partial charge in [-0.1, -0.05) is 71.4 Å². The molecule has 1 aliphatic heterocycles. The highest BCUT2D eigenvalue weighted by molar-refractivity contribution is 8.00. The monoisotopic (exact) mass is 646 g/mol. The number of ketones is 1. The van der Waals surface area contributed by atoms with Crippen molar-refractivity contribution >= 4 is 74.5 Å². The number of hydrogen-bond acceptors (Lipinski definition) is 10. The summed E-state index contributed by atoms with van der Waals surface area (Å²) < 4.78 is 6.41. The molecule has 1 atom stereocenters. The number of halogens is 2. The van der Waals surface area contributed by atoms with Crippen molar-refractivity contribution in [2.75, 3.05) is 11.5 Å². The van der Waals surface area contributed by atoms with Crippen molar-refractivity contribution in [2.45, 2.75) is 43.3 Å². The van der Waals surface area contributed by atoms with E-state index in [1.54, 1.807) is 44.2 Å². The number of ether oxygens (including phenoxy) is 1. The maximum atomic E-state index is 13.9. The molecule has 0 radical (unpaired) electrons. The zero-order chi connectivity index (χ0) is 29.3. The van der Waals surface area contributed by atoms with Crippen LogP contribution in [0.5, 0.6) is 5.75 Å². The van der Waals surface area contributed by atoms with Gasteiger partial charge >= 0.3 is 0 Å². The number of anilines is 1. The van der Waals surface area contributed by atoms with Gasteiger partial charge in [-0.05, 0) is 55.7 Å². The standard InChI is InChI=1S/C28H24Cl2N4O4S3/c1-4-10-38-19-7-5-6-16(11-19)22-21(23(35)25-14(2)31-15(3)40-25)24(36)26(37)34(22)27-32-33-28(41-27)39-13-17-8-9-18(29)12-20(17)30/h5-9,11-12,22,36H,4,10,13H2,1-3H3. The normalized spacial score (nSPS) is 15.2. The van der Waals surface area contributed by atoms with Crippen LogP contribution in [-0.2, 0) is 10.5 Å². The van der Waals surface area contributed by atoms with Crippen molar-refractivity contribution in [2.24, 2.45) is 0 Å². The lowest BCUT2D eigenvalue weighted by atomic mass is 9.95. The molecular weight excluding hydrogens is 623 g/mol. The molecule has 1 amide bonds. The second-order valence-corrected chi connectivity index (χ2v) is 13.3. The second kappa shape index (κ2) is 12.5. The van der Waals surface area contributed by atoms with Gasteiger partial charge in [0, 0.05) is 15.8 Å². The highest BCUT2D eigenvalue weighted by Gasteiger charge is 2.46. The summed E-state index contributed by atoms with van der Waals surface area (Å²) in [5, 5.41) is 21.7. The Kier molecular flexibility index (Phi) is 9.00. The Labute approximate surface area is 259 Å². The number of aliphatic hydroxyl groups is 1. The highest BCUT2D eigenvalue weighted by Crippen LogP contribution is 2.45. The number of amides is 1. The van der Waals surface area contributed by atoms with Crippen LogP contribution in [-0.4, -0.2) is 38.6 Å². The first kappa shape index (κ1) is 29.5. The summed E-state index contributed by atoms with van der Waals surface area (Å²) in [6, 6.07) is 11.5. The lowest BCUT2D eigenvalue weighted by Crippen LogP contribution is -2.31. The van der Waals surface area contributed by atoms with Gasteiger partial charge in [0.25, 0.3) is 5.91 Å². The Hall–Kier alpha value is -2.96. The summed E-state index contributed by atoms with van der Waals surface area (Å²) in [5.41, 5.74) is 1.97. The fraction of sp³-hybridized carbons (Fsp3) is 0.250. The number of rotatable bonds is 10. The van der Waals surface area contributed by atoms with E-state index in [2.05, 4.69) is 15.2 Å². The van der Waals surface area contributed by atoms with Gasteiger partial charge in [0.05, 0.1) is 33.8 Å². The number of thiazole rings is 1. The summed E-state index contributed by atoms with van der Waals surface area (Å²) in [5.74, 6) is -0.708. The van der Waals surface area contributed by atoms with Crippen LogP contribution in [0.2, 0.25) is 10.0 Å². The van der Waals surface area contributed by atoms with Crippen molar-refractivity contribution in [3.05, 3.63) is 90.5 Å². The van der Waals surface area contributed by atoms with E-state index in [-0.39, 0.29) is 10.7 Å². The molecule has 0 saturated heterocycles. The van der Waals surface area contributed by atoms with Crippen LogP contribution in [0, 0.1) is 13.8 Å². The van der Waals surface area contributed by atoms with Crippen LogP contribution in [0.3, 0.4) is 0 Å². The lowest BCUT2D eigenvalue weighted by Gasteiger charge is -2.24. The molecule has 0 fully saturated rings. The van der Waals surface area contributed by atoms with E-state index < -0.39 is 23.5 Å². The Balaban J connectivity index is 1.51. The number of benzene rings is 2. The van der Waals surface area contributed by atoms with Gasteiger partial charge in [-0.3, -0.25) is 14.5 Å². The van der Waals surface area contributed by atoms with Crippen LogP contribution in [0.15, 0.2) is 58.1 Å². The van der Waals surface area contributed by atoms with E-state index >= 15 is 0 Å². The summed E-state index contributed by atoms with van der Waals surface area (Å²) in [6.45, 7) is 6.05. The first-order valence-electron chi connectivity index (χ1n) is 12.6. The molecule has 2 aromatic heterocycles. The SMILES string of the molecule is CCCOc1cccc(C2C(C(=O)c3sc(C)nc3C)=C(O)C(=O)N2c2nnc(SCc3ccc(Cl)cc3Cl)s2)c1. The molecule has 1 aliphatic rings. The van der Waals surface area contributed by atoms with Crippen LogP contribution in [0.4, 0.5) is 5.13 Å². The predicted octanol–water partition coefficient (Wildman–Crippen LogP) is 7.78. The van der Waals surface area contributed by atoms with Crippen molar-refractivity contribution in [1.82, 2.24) is 15.2 Å². The number of Topliss-reactive ketones (excluding diaryl/α,β-unsaturated/α-hetero) is 1. The van der Waals surface area contributed by atoms with Gasteiger partial charge in [-0.25, -0.2) is 4.98 Å². The highest BCUT2D eigenvalue weighted by atomic mass is 35.5. The molecule has 0 saturated carbocycles. The summed E-state index contributed by atoms with van der Waals surface area (Å²) in [7, 11) is 0. The third kappa shape index (κ3) is 6.14. The molecule has 0 aliphatic carbocycles. The molecule has 3 heterocycles. The first-order chi connectivity index (χ1) is 19.7. The Morgan fingerprint density at radius 2 is 1.95 bits per heavy atom. The number of aliphatic hydroxyl groups excluding tert-OH is 1. The fourth-order valence-corrected chi connectivity index (χ4v) is 7.64. The van der Waals surface area contributed by atoms with E-state index in [9.17, 15) is 14.7 Å². The number of carbonyl (C=O) groups excluding carboxylic acids is 2. The molecular formula is C28H24Cl2N4O4S3. The van der Waals surface area contributed by atoms with Crippen molar-refractivity contribution in [3.63, 3.8) is 0 Å². The summed E-state index contributed by atoms with van der Waals surface area (Å²) >= 11 is 16.1.